The third kappa shape index (κ3) is 3.59. The average molecular weight is 273 g/mol. The largest absolute Gasteiger partial charge is 0.481 e. The summed E-state index contributed by atoms with van der Waals surface area (Å²) in [5.74, 6) is -1.45. The number of ether oxygens (including phenoxy) is 1. The summed E-state index contributed by atoms with van der Waals surface area (Å²) in [6.07, 6.45) is -0.241. The van der Waals surface area contributed by atoms with Crippen LogP contribution in [-0.2, 0) is 9.53 Å². The predicted octanol–water partition coefficient (Wildman–Crippen LogP) is 1.52. The van der Waals surface area contributed by atoms with Gasteiger partial charge in [0.1, 0.15) is 5.60 Å². The average Bonchev–Trinajstić information content (AvgIpc) is 2.03. The SMILES string of the molecule is CC(C)(C)OC(=O)NC1(C(C)(C)O)CC(C(=O)O)C1. The van der Waals surface area contributed by atoms with Gasteiger partial charge in [-0.1, -0.05) is 0 Å². The Balaban J connectivity index is 2.75. The van der Waals surface area contributed by atoms with E-state index in [9.17, 15) is 14.7 Å². The fourth-order valence-electron chi connectivity index (χ4n) is 2.21. The number of alkyl carbamates (subject to hydrolysis) is 1. The van der Waals surface area contributed by atoms with Gasteiger partial charge in [-0.05, 0) is 47.5 Å². The van der Waals surface area contributed by atoms with Gasteiger partial charge in [-0.3, -0.25) is 4.79 Å². The molecule has 0 bridgehead atoms. The molecule has 0 aromatic carbocycles. The van der Waals surface area contributed by atoms with Crippen LogP contribution in [0.25, 0.3) is 0 Å². The Hall–Kier alpha value is -1.30. The summed E-state index contributed by atoms with van der Waals surface area (Å²) in [6, 6.07) is 0. The van der Waals surface area contributed by atoms with Crippen molar-refractivity contribution in [2.24, 2.45) is 5.92 Å². The normalized spacial score (nSPS) is 27.4. The van der Waals surface area contributed by atoms with Crippen LogP contribution in [0.3, 0.4) is 0 Å². The first kappa shape index (κ1) is 15.8. The summed E-state index contributed by atoms with van der Waals surface area (Å²) in [6.45, 7) is 8.34. The number of carboxylic acid groups (broad SMARTS) is 1. The molecule has 0 spiro atoms. The number of amides is 1. The van der Waals surface area contributed by atoms with Crippen LogP contribution in [0.5, 0.6) is 0 Å². The zero-order valence-corrected chi connectivity index (χ0v) is 12.1. The first-order valence-corrected chi connectivity index (χ1v) is 6.33. The molecule has 1 fully saturated rings. The van der Waals surface area contributed by atoms with Crippen molar-refractivity contribution in [1.29, 1.82) is 0 Å². The minimum Gasteiger partial charge on any atom is -0.481 e. The zero-order valence-electron chi connectivity index (χ0n) is 12.1. The van der Waals surface area contributed by atoms with Gasteiger partial charge in [0, 0.05) is 0 Å². The lowest BCUT2D eigenvalue weighted by Crippen LogP contribution is -2.69. The highest BCUT2D eigenvalue weighted by molar-refractivity contribution is 5.74. The molecule has 0 radical (unpaired) electrons. The lowest BCUT2D eigenvalue weighted by molar-refractivity contribution is -0.155. The summed E-state index contributed by atoms with van der Waals surface area (Å²) in [5, 5.41) is 21.7. The number of aliphatic hydroxyl groups is 1. The van der Waals surface area contributed by atoms with E-state index in [0.29, 0.717) is 0 Å². The smallest absolute Gasteiger partial charge is 0.408 e. The molecule has 1 saturated carbocycles. The number of carboxylic acids is 1. The van der Waals surface area contributed by atoms with Crippen LogP contribution in [0, 0.1) is 5.92 Å². The second-order valence-corrected chi connectivity index (χ2v) is 6.71. The van der Waals surface area contributed by atoms with Crippen molar-refractivity contribution in [2.45, 2.75) is 64.2 Å². The van der Waals surface area contributed by atoms with Crippen molar-refractivity contribution in [3.63, 3.8) is 0 Å². The Morgan fingerprint density at radius 1 is 1.21 bits per heavy atom. The maximum Gasteiger partial charge on any atom is 0.408 e. The van der Waals surface area contributed by atoms with E-state index >= 15 is 0 Å². The van der Waals surface area contributed by atoms with Gasteiger partial charge in [0.2, 0.25) is 0 Å². The standard InChI is InChI=1S/C13H23NO5/c1-11(2,3)19-10(17)14-13(12(4,5)18)6-8(7-13)9(15)16/h8,18H,6-7H2,1-5H3,(H,14,17)(H,15,16). The van der Waals surface area contributed by atoms with Crippen LogP contribution in [0.1, 0.15) is 47.5 Å². The van der Waals surface area contributed by atoms with Gasteiger partial charge in [-0.2, -0.15) is 0 Å². The molecule has 0 aromatic rings. The number of aliphatic carboxylic acids is 1. The molecule has 19 heavy (non-hydrogen) atoms. The van der Waals surface area contributed by atoms with Gasteiger partial charge >= 0.3 is 12.1 Å². The molecule has 1 rings (SSSR count). The van der Waals surface area contributed by atoms with E-state index in [1.807, 2.05) is 0 Å². The van der Waals surface area contributed by atoms with E-state index in [4.69, 9.17) is 9.84 Å². The van der Waals surface area contributed by atoms with Gasteiger partial charge in [-0.15, -0.1) is 0 Å². The van der Waals surface area contributed by atoms with Gasteiger partial charge in [0.05, 0.1) is 17.1 Å². The molecule has 6 heteroatoms. The summed E-state index contributed by atoms with van der Waals surface area (Å²) >= 11 is 0. The fourth-order valence-corrected chi connectivity index (χ4v) is 2.21. The fraction of sp³-hybridized carbons (Fsp3) is 0.846. The minimum atomic E-state index is -1.21. The molecule has 3 N–H and O–H groups in total. The highest BCUT2D eigenvalue weighted by Gasteiger charge is 2.57. The third-order valence-electron chi connectivity index (χ3n) is 3.45. The molecule has 1 amide bonds. The van der Waals surface area contributed by atoms with Crippen molar-refractivity contribution >= 4 is 12.1 Å². The first-order chi connectivity index (χ1) is 8.36. The molecule has 0 unspecified atom stereocenters. The van der Waals surface area contributed by atoms with Crippen LogP contribution in [0.4, 0.5) is 4.79 Å². The van der Waals surface area contributed by atoms with Crippen LogP contribution >= 0.6 is 0 Å². The van der Waals surface area contributed by atoms with Crippen molar-refractivity contribution in [3.8, 4) is 0 Å². The molecule has 0 saturated heterocycles. The van der Waals surface area contributed by atoms with Gasteiger partial charge in [0.25, 0.3) is 0 Å². The molecule has 110 valence electrons. The van der Waals surface area contributed by atoms with E-state index in [-0.39, 0.29) is 12.8 Å². The summed E-state index contributed by atoms with van der Waals surface area (Å²) in [4.78, 5) is 22.7. The van der Waals surface area contributed by atoms with Crippen molar-refractivity contribution in [2.75, 3.05) is 0 Å². The minimum absolute atomic E-state index is 0.199. The van der Waals surface area contributed by atoms with Crippen LogP contribution in [0.15, 0.2) is 0 Å². The highest BCUT2D eigenvalue weighted by Crippen LogP contribution is 2.45. The Kier molecular flexibility index (Phi) is 3.87. The van der Waals surface area contributed by atoms with E-state index in [0.717, 1.165) is 0 Å². The second-order valence-electron chi connectivity index (χ2n) is 6.71. The summed E-state index contributed by atoms with van der Waals surface area (Å²) in [7, 11) is 0. The van der Waals surface area contributed by atoms with E-state index < -0.39 is 34.7 Å². The van der Waals surface area contributed by atoms with Gasteiger partial charge < -0.3 is 20.3 Å². The summed E-state index contributed by atoms with van der Waals surface area (Å²) in [5.41, 5.74) is -2.80. The number of rotatable bonds is 3. The van der Waals surface area contributed by atoms with Crippen LogP contribution < -0.4 is 5.32 Å². The topological polar surface area (TPSA) is 95.9 Å². The molecule has 6 nitrogen and oxygen atoms in total. The first-order valence-electron chi connectivity index (χ1n) is 6.33. The highest BCUT2D eigenvalue weighted by atomic mass is 16.6. The number of hydrogen-bond acceptors (Lipinski definition) is 4. The van der Waals surface area contributed by atoms with Crippen LogP contribution in [0.2, 0.25) is 0 Å². The molecule has 0 aromatic heterocycles. The molecule has 1 aliphatic rings. The van der Waals surface area contributed by atoms with Crippen molar-refractivity contribution in [3.05, 3.63) is 0 Å². The Labute approximate surface area is 113 Å². The zero-order chi connectivity index (χ0) is 15.1. The van der Waals surface area contributed by atoms with Crippen LogP contribution in [-0.4, -0.2) is 39.0 Å². The predicted molar refractivity (Wildman–Crippen MR) is 68.8 cm³/mol. The number of carbonyl (C=O) groups excluding carboxylic acids is 1. The third-order valence-corrected chi connectivity index (χ3v) is 3.45. The van der Waals surface area contributed by atoms with E-state index in [1.54, 1.807) is 34.6 Å². The maximum absolute atomic E-state index is 11.8. The molecular weight excluding hydrogens is 250 g/mol. The number of nitrogens with one attached hydrogen (secondary N) is 1. The number of hydrogen-bond donors (Lipinski definition) is 3. The molecule has 0 aliphatic heterocycles. The molecular formula is C13H23NO5. The lowest BCUT2D eigenvalue weighted by atomic mass is 9.61. The number of carbonyl (C=O) groups is 2. The molecule has 0 heterocycles. The quantitative estimate of drug-likeness (QED) is 0.724. The molecule has 1 aliphatic carbocycles. The summed E-state index contributed by atoms with van der Waals surface area (Å²) < 4.78 is 5.15. The van der Waals surface area contributed by atoms with Gasteiger partial charge in [-0.25, -0.2) is 4.79 Å². The Morgan fingerprint density at radius 3 is 2.00 bits per heavy atom. The van der Waals surface area contributed by atoms with E-state index in [2.05, 4.69) is 5.32 Å². The van der Waals surface area contributed by atoms with Gasteiger partial charge in [0.15, 0.2) is 0 Å². The lowest BCUT2D eigenvalue weighted by Gasteiger charge is -2.53. The van der Waals surface area contributed by atoms with Crippen molar-refractivity contribution < 1.29 is 24.5 Å². The molecule has 0 atom stereocenters. The van der Waals surface area contributed by atoms with Crippen molar-refractivity contribution in [1.82, 2.24) is 5.32 Å². The van der Waals surface area contributed by atoms with E-state index in [1.165, 1.54) is 0 Å². The maximum atomic E-state index is 11.8. The second kappa shape index (κ2) is 4.67. The Bertz CT molecular complexity index is 371. The Morgan fingerprint density at radius 2 is 1.68 bits per heavy atom. The monoisotopic (exact) mass is 273 g/mol.